The molecule has 0 aliphatic heterocycles. The van der Waals surface area contributed by atoms with Crippen molar-refractivity contribution in [3.8, 4) is 0 Å². The van der Waals surface area contributed by atoms with Gasteiger partial charge in [-0.2, -0.15) is 0 Å². The van der Waals surface area contributed by atoms with Gasteiger partial charge in [0.15, 0.2) is 0 Å². The number of aryl methyl sites for hydroxylation is 1. The number of halogens is 1. The fourth-order valence-electron chi connectivity index (χ4n) is 2.38. The van der Waals surface area contributed by atoms with Crippen LogP contribution in [0.4, 0.5) is 5.69 Å². The molecular formula is C17H22BrN3. The van der Waals surface area contributed by atoms with Crippen LogP contribution in [0.5, 0.6) is 0 Å². The zero-order valence-electron chi connectivity index (χ0n) is 12.6. The molecule has 2 aromatic rings. The van der Waals surface area contributed by atoms with E-state index in [2.05, 4.69) is 63.1 Å². The van der Waals surface area contributed by atoms with Gasteiger partial charge in [-0.1, -0.05) is 12.1 Å². The Kier molecular flexibility index (Phi) is 5.76. The Balaban J connectivity index is 2.21. The molecule has 21 heavy (non-hydrogen) atoms. The summed E-state index contributed by atoms with van der Waals surface area (Å²) < 4.78 is 1.11. The van der Waals surface area contributed by atoms with Crippen molar-refractivity contribution >= 4 is 21.6 Å². The highest BCUT2D eigenvalue weighted by atomic mass is 79.9. The average molecular weight is 348 g/mol. The van der Waals surface area contributed by atoms with Gasteiger partial charge < -0.3 is 10.6 Å². The van der Waals surface area contributed by atoms with E-state index < -0.39 is 0 Å². The van der Waals surface area contributed by atoms with E-state index >= 15 is 0 Å². The van der Waals surface area contributed by atoms with Crippen LogP contribution in [0.25, 0.3) is 0 Å². The quantitative estimate of drug-likeness (QED) is 0.866. The molecular weight excluding hydrogens is 326 g/mol. The molecule has 0 unspecified atom stereocenters. The van der Waals surface area contributed by atoms with Crippen molar-refractivity contribution in [1.82, 2.24) is 4.98 Å². The minimum absolute atomic E-state index is 0.677. The van der Waals surface area contributed by atoms with Crippen molar-refractivity contribution in [1.29, 1.82) is 0 Å². The van der Waals surface area contributed by atoms with Gasteiger partial charge in [-0.15, -0.1) is 0 Å². The van der Waals surface area contributed by atoms with E-state index in [9.17, 15) is 0 Å². The summed E-state index contributed by atoms with van der Waals surface area (Å²) in [6.07, 6.45) is 0.907. The Bertz CT molecular complexity index is 598. The van der Waals surface area contributed by atoms with Crippen LogP contribution in [0, 0.1) is 6.92 Å². The third kappa shape index (κ3) is 4.29. The molecule has 112 valence electrons. The molecule has 0 bridgehead atoms. The molecule has 0 atom stereocenters. The summed E-state index contributed by atoms with van der Waals surface area (Å²) in [6.45, 7) is 6.61. The van der Waals surface area contributed by atoms with Crippen molar-refractivity contribution in [2.75, 3.05) is 18.0 Å². The largest absolute Gasteiger partial charge is 0.365 e. The lowest BCUT2D eigenvalue weighted by molar-refractivity contribution is 0.803. The van der Waals surface area contributed by atoms with Gasteiger partial charge in [0.25, 0.3) is 0 Å². The molecule has 2 rings (SSSR count). The number of nitrogens with zero attached hydrogens (tertiary/aromatic N) is 2. The molecule has 4 heteroatoms. The molecule has 0 aliphatic rings. The van der Waals surface area contributed by atoms with E-state index in [1.807, 2.05) is 13.0 Å². The number of anilines is 1. The number of hydrogen-bond acceptors (Lipinski definition) is 3. The second-order valence-corrected chi connectivity index (χ2v) is 5.96. The molecule has 1 heterocycles. The molecule has 1 aromatic carbocycles. The lowest BCUT2D eigenvalue weighted by atomic mass is 10.1. The molecule has 2 N–H and O–H groups in total. The topological polar surface area (TPSA) is 42.2 Å². The SMILES string of the molecule is CCN(Cc1cccc(C)n1)c1ccc(CCN)cc1Br. The normalized spacial score (nSPS) is 10.7. The molecule has 0 aliphatic carbocycles. The summed E-state index contributed by atoms with van der Waals surface area (Å²) in [4.78, 5) is 6.91. The minimum atomic E-state index is 0.677. The van der Waals surface area contributed by atoms with Crippen LogP contribution >= 0.6 is 15.9 Å². The maximum Gasteiger partial charge on any atom is 0.0602 e. The van der Waals surface area contributed by atoms with Gasteiger partial charge in [-0.3, -0.25) is 4.98 Å². The average Bonchev–Trinajstić information content (AvgIpc) is 2.46. The van der Waals surface area contributed by atoms with Crippen LogP contribution in [-0.4, -0.2) is 18.1 Å². The molecule has 0 saturated carbocycles. The molecule has 1 aromatic heterocycles. The third-order valence-electron chi connectivity index (χ3n) is 3.47. The van der Waals surface area contributed by atoms with Crippen molar-refractivity contribution < 1.29 is 0 Å². The first-order valence-electron chi connectivity index (χ1n) is 7.30. The molecule has 3 nitrogen and oxygen atoms in total. The Labute approximate surface area is 135 Å². The second kappa shape index (κ2) is 7.57. The maximum atomic E-state index is 5.62. The third-order valence-corrected chi connectivity index (χ3v) is 4.10. The molecule has 0 fully saturated rings. The van der Waals surface area contributed by atoms with Crippen LogP contribution in [0.1, 0.15) is 23.9 Å². The van der Waals surface area contributed by atoms with E-state index in [0.29, 0.717) is 6.54 Å². The number of benzene rings is 1. The fourth-order valence-corrected chi connectivity index (χ4v) is 3.06. The van der Waals surface area contributed by atoms with Gasteiger partial charge >= 0.3 is 0 Å². The van der Waals surface area contributed by atoms with Gasteiger partial charge in [-0.05, 0) is 72.6 Å². The number of pyridine rings is 1. The van der Waals surface area contributed by atoms with Crippen molar-refractivity contribution in [2.24, 2.45) is 5.73 Å². The molecule has 0 radical (unpaired) electrons. The van der Waals surface area contributed by atoms with Crippen LogP contribution in [-0.2, 0) is 13.0 Å². The Morgan fingerprint density at radius 3 is 2.67 bits per heavy atom. The Hall–Kier alpha value is -1.39. The summed E-state index contributed by atoms with van der Waals surface area (Å²) >= 11 is 3.68. The Morgan fingerprint density at radius 1 is 1.24 bits per heavy atom. The molecule has 0 spiro atoms. The van der Waals surface area contributed by atoms with Gasteiger partial charge in [-0.25, -0.2) is 0 Å². The van der Waals surface area contributed by atoms with Gasteiger partial charge in [0.05, 0.1) is 17.9 Å². The van der Waals surface area contributed by atoms with E-state index in [4.69, 9.17) is 5.73 Å². The van der Waals surface area contributed by atoms with Crippen molar-refractivity contribution in [3.63, 3.8) is 0 Å². The summed E-state index contributed by atoms with van der Waals surface area (Å²) in [5.41, 5.74) is 10.2. The van der Waals surface area contributed by atoms with E-state index in [1.54, 1.807) is 0 Å². The van der Waals surface area contributed by atoms with Crippen LogP contribution in [0.2, 0.25) is 0 Å². The highest BCUT2D eigenvalue weighted by Crippen LogP contribution is 2.28. The number of aromatic nitrogens is 1. The first kappa shape index (κ1) is 16.0. The predicted molar refractivity (Wildman–Crippen MR) is 92.6 cm³/mol. The number of rotatable bonds is 6. The van der Waals surface area contributed by atoms with Gasteiger partial charge in [0, 0.05) is 16.7 Å². The van der Waals surface area contributed by atoms with Gasteiger partial charge in [0.1, 0.15) is 0 Å². The number of hydrogen-bond donors (Lipinski definition) is 1. The summed E-state index contributed by atoms with van der Waals surface area (Å²) in [7, 11) is 0. The Morgan fingerprint density at radius 2 is 2.05 bits per heavy atom. The number of nitrogens with two attached hydrogens (primary N) is 1. The predicted octanol–water partition coefficient (Wildman–Crippen LogP) is 3.68. The molecule has 0 amide bonds. The summed E-state index contributed by atoms with van der Waals surface area (Å²) in [6, 6.07) is 12.6. The van der Waals surface area contributed by atoms with Crippen LogP contribution < -0.4 is 10.6 Å². The standard InChI is InChI=1S/C17H22BrN3/c1-3-21(12-15-6-4-5-13(2)20-15)17-8-7-14(9-10-19)11-16(17)18/h4-8,11H,3,9-10,12,19H2,1-2H3. The maximum absolute atomic E-state index is 5.62. The zero-order chi connectivity index (χ0) is 15.2. The van der Waals surface area contributed by atoms with E-state index in [-0.39, 0.29) is 0 Å². The van der Waals surface area contributed by atoms with Gasteiger partial charge in [0.2, 0.25) is 0 Å². The second-order valence-electron chi connectivity index (χ2n) is 5.11. The van der Waals surface area contributed by atoms with Crippen LogP contribution in [0.3, 0.4) is 0 Å². The lowest BCUT2D eigenvalue weighted by Crippen LogP contribution is -2.23. The van der Waals surface area contributed by atoms with E-state index in [0.717, 1.165) is 35.4 Å². The summed E-state index contributed by atoms with van der Waals surface area (Å²) in [5.74, 6) is 0. The smallest absolute Gasteiger partial charge is 0.0602 e. The monoisotopic (exact) mass is 347 g/mol. The first-order valence-corrected chi connectivity index (χ1v) is 8.09. The van der Waals surface area contributed by atoms with Crippen molar-refractivity contribution in [2.45, 2.75) is 26.8 Å². The fraction of sp³-hybridized carbons (Fsp3) is 0.353. The van der Waals surface area contributed by atoms with E-state index in [1.165, 1.54) is 11.3 Å². The van der Waals surface area contributed by atoms with Crippen LogP contribution in [0.15, 0.2) is 40.9 Å². The highest BCUT2D eigenvalue weighted by molar-refractivity contribution is 9.10. The zero-order valence-corrected chi connectivity index (χ0v) is 14.2. The minimum Gasteiger partial charge on any atom is -0.365 e. The van der Waals surface area contributed by atoms with Crippen molar-refractivity contribution in [3.05, 3.63) is 57.8 Å². The lowest BCUT2D eigenvalue weighted by Gasteiger charge is -2.24. The first-order chi connectivity index (χ1) is 10.1. The summed E-state index contributed by atoms with van der Waals surface area (Å²) in [5, 5.41) is 0. The highest BCUT2D eigenvalue weighted by Gasteiger charge is 2.10. The molecule has 0 saturated heterocycles.